The van der Waals surface area contributed by atoms with Gasteiger partial charge >= 0.3 is 0 Å². The zero-order chi connectivity index (χ0) is 9.31. The first kappa shape index (κ1) is 9.38. The number of hydrogen-bond acceptors (Lipinski definition) is 1. The molecule has 1 nitrogen and oxygen atoms in total. The van der Waals surface area contributed by atoms with E-state index >= 15 is 0 Å². The van der Waals surface area contributed by atoms with Crippen LogP contribution in [0.1, 0.15) is 32.1 Å². The van der Waals surface area contributed by atoms with Crippen LogP contribution in [0.25, 0.3) is 0 Å². The molecule has 0 spiro atoms. The highest BCUT2D eigenvalue weighted by Crippen LogP contribution is 2.41. The molecule has 1 aliphatic carbocycles. The Morgan fingerprint density at radius 2 is 1.77 bits per heavy atom. The van der Waals surface area contributed by atoms with Crippen molar-refractivity contribution in [2.45, 2.75) is 38.0 Å². The van der Waals surface area contributed by atoms with E-state index in [0.29, 0.717) is 0 Å². The van der Waals surface area contributed by atoms with E-state index in [1.54, 1.807) is 0 Å². The Morgan fingerprint density at radius 1 is 1.15 bits per heavy atom. The maximum atomic E-state index is 13.6. The van der Waals surface area contributed by atoms with E-state index < -0.39 is 5.92 Å². The smallest absolute Gasteiger partial charge is 0.251 e. The highest BCUT2D eigenvalue weighted by molar-refractivity contribution is 4.87. The van der Waals surface area contributed by atoms with Crippen LogP contribution in [0.2, 0.25) is 0 Å². The Hall–Kier alpha value is -0.180. The summed E-state index contributed by atoms with van der Waals surface area (Å²) < 4.78 is 27.1. The third-order valence-electron chi connectivity index (χ3n) is 3.38. The molecule has 0 bridgehead atoms. The van der Waals surface area contributed by atoms with Gasteiger partial charge in [-0.25, -0.2) is 8.78 Å². The zero-order valence-corrected chi connectivity index (χ0v) is 7.86. The van der Waals surface area contributed by atoms with Crippen LogP contribution < -0.4 is 5.32 Å². The number of alkyl halides is 2. The first-order valence-corrected chi connectivity index (χ1v) is 5.27. The minimum absolute atomic E-state index is 0.116. The summed E-state index contributed by atoms with van der Waals surface area (Å²) in [7, 11) is 0. The van der Waals surface area contributed by atoms with Crippen molar-refractivity contribution in [3.05, 3.63) is 0 Å². The molecule has 0 aromatic rings. The summed E-state index contributed by atoms with van der Waals surface area (Å²) >= 11 is 0. The fourth-order valence-corrected chi connectivity index (χ4v) is 2.39. The van der Waals surface area contributed by atoms with Gasteiger partial charge in [-0.15, -0.1) is 0 Å². The van der Waals surface area contributed by atoms with E-state index in [-0.39, 0.29) is 18.3 Å². The van der Waals surface area contributed by atoms with Gasteiger partial charge in [0, 0.05) is 12.3 Å². The molecule has 0 unspecified atom stereocenters. The average molecular weight is 189 g/mol. The summed E-state index contributed by atoms with van der Waals surface area (Å²) in [6, 6.07) is 0. The van der Waals surface area contributed by atoms with Gasteiger partial charge in [0.1, 0.15) is 0 Å². The fraction of sp³-hybridized carbons (Fsp3) is 1.00. The van der Waals surface area contributed by atoms with Crippen molar-refractivity contribution in [1.82, 2.24) is 5.32 Å². The third kappa shape index (κ3) is 2.01. The molecule has 2 aliphatic rings. The van der Waals surface area contributed by atoms with Crippen molar-refractivity contribution in [1.29, 1.82) is 0 Å². The van der Waals surface area contributed by atoms with Gasteiger partial charge in [-0.05, 0) is 31.8 Å². The van der Waals surface area contributed by atoms with Gasteiger partial charge in [0.15, 0.2) is 0 Å². The van der Waals surface area contributed by atoms with Gasteiger partial charge in [-0.3, -0.25) is 0 Å². The van der Waals surface area contributed by atoms with Crippen molar-refractivity contribution in [2.24, 2.45) is 11.8 Å². The second kappa shape index (κ2) is 3.52. The van der Waals surface area contributed by atoms with Crippen LogP contribution in [0, 0.1) is 11.8 Å². The molecule has 2 rings (SSSR count). The molecule has 1 aliphatic heterocycles. The van der Waals surface area contributed by atoms with Crippen LogP contribution >= 0.6 is 0 Å². The van der Waals surface area contributed by atoms with Crippen molar-refractivity contribution < 1.29 is 8.78 Å². The summed E-state index contributed by atoms with van der Waals surface area (Å²) in [5, 5.41) is 3.04. The van der Waals surface area contributed by atoms with Crippen LogP contribution in [-0.2, 0) is 0 Å². The lowest BCUT2D eigenvalue weighted by molar-refractivity contribution is -0.0797. The second-order valence-corrected chi connectivity index (χ2v) is 4.47. The largest absolute Gasteiger partial charge is 0.316 e. The standard InChI is InChI=1S/C10H17F2N/c11-10(12,5-8-6-13-7-8)9-3-1-2-4-9/h8-9,13H,1-7H2. The van der Waals surface area contributed by atoms with E-state index in [0.717, 1.165) is 38.8 Å². The van der Waals surface area contributed by atoms with Crippen LogP contribution in [0.5, 0.6) is 0 Å². The lowest BCUT2D eigenvalue weighted by Gasteiger charge is -2.33. The van der Waals surface area contributed by atoms with E-state index in [4.69, 9.17) is 0 Å². The van der Waals surface area contributed by atoms with Gasteiger partial charge in [0.25, 0.3) is 5.92 Å². The molecule has 0 radical (unpaired) electrons. The molecule has 1 N–H and O–H groups in total. The first-order chi connectivity index (χ1) is 6.18. The Bertz CT molecular complexity index is 172. The summed E-state index contributed by atoms with van der Waals surface area (Å²) in [5.74, 6) is -2.47. The maximum absolute atomic E-state index is 13.6. The molecule has 76 valence electrons. The molecular weight excluding hydrogens is 172 g/mol. The quantitative estimate of drug-likeness (QED) is 0.719. The molecular formula is C10H17F2N. The van der Waals surface area contributed by atoms with Gasteiger partial charge in [0.05, 0.1) is 0 Å². The van der Waals surface area contributed by atoms with E-state index in [9.17, 15) is 8.78 Å². The zero-order valence-electron chi connectivity index (χ0n) is 7.86. The number of nitrogens with one attached hydrogen (secondary N) is 1. The van der Waals surface area contributed by atoms with E-state index in [2.05, 4.69) is 5.32 Å². The van der Waals surface area contributed by atoms with E-state index in [1.807, 2.05) is 0 Å². The number of rotatable bonds is 3. The summed E-state index contributed by atoms with van der Waals surface area (Å²) in [5.41, 5.74) is 0. The highest BCUT2D eigenvalue weighted by Gasteiger charge is 2.43. The number of halogens is 2. The Kier molecular flexibility index (Phi) is 2.54. The first-order valence-electron chi connectivity index (χ1n) is 5.27. The van der Waals surface area contributed by atoms with Gasteiger partial charge < -0.3 is 5.32 Å². The minimum atomic E-state index is -2.39. The van der Waals surface area contributed by atoms with Crippen LogP contribution in [0.3, 0.4) is 0 Å². The second-order valence-electron chi connectivity index (χ2n) is 4.47. The number of hydrogen-bond donors (Lipinski definition) is 1. The van der Waals surface area contributed by atoms with Gasteiger partial charge in [-0.1, -0.05) is 12.8 Å². The predicted molar refractivity (Wildman–Crippen MR) is 47.9 cm³/mol. The highest BCUT2D eigenvalue weighted by atomic mass is 19.3. The third-order valence-corrected chi connectivity index (χ3v) is 3.38. The Labute approximate surface area is 77.9 Å². The molecule has 0 atom stereocenters. The summed E-state index contributed by atoms with van der Waals surface area (Å²) in [6.07, 6.45) is 3.61. The summed E-state index contributed by atoms with van der Waals surface area (Å²) in [4.78, 5) is 0. The van der Waals surface area contributed by atoms with Crippen molar-refractivity contribution in [2.75, 3.05) is 13.1 Å². The van der Waals surface area contributed by atoms with Crippen LogP contribution in [0.4, 0.5) is 8.78 Å². The molecule has 0 amide bonds. The molecule has 3 heteroatoms. The minimum Gasteiger partial charge on any atom is -0.316 e. The van der Waals surface area contributed by atoms with Gasteiger partial charge in [0.2, 0.25) is 0 Å². The van der Waals surface area contributed by atoms with Gasteiger partial charge in [-0.2, -0.15) is 0 Å². The maximum Gasteiger partial charge on any atom is 0.251 e. The average Bonchev–Trinajstić information content (AvgIpc) is 2.49. The molecule has 1 saturated heterocycles. The molecule has 0 aromatic carbocycles. The lowest BCUT2D eigenvalue weighted by atomic mass is 9.88. The fourth-order valence-electron chi connectivity index (χ4n) is 2.39. The van der Waals surface area contributed by atoms with Crippen molar-refractivity contribution in [3.8, 4) is 0 Å². The lowest BCUT2D eigenvalue weighted by Crippen LogP contribution is -2.46. The Morgan fingerprint density at radius 3 is 2.23 bits per heavy atom. The monoisotopic (exact) mass is 189 g/mol. The van der Waals surface area contributed by atoms with Crippen LogP contribution in [-0.4, -0.2) is 19.0 Å². The van der Waals surface area contributed by atoms with Crippen LogP contribution in [0.15, 0.2) is 0 Å². The van der Waals surface area contributed by atoms with E-state index in [1.165, 1.54) is 0 Å². The molecule has 1 saturated carbocycles. The molecule has 2 fully saturated rings. The normalized spacial score (nSPS) is 26.3. The molecule has 1 heterocycles. The Balaban J connectivity index is 1.85. The molecule has 13 heavy (non-hydrogen) atoms. The molecule has 0 aromatic heterocycles. The topological polar surface area (TPSA) is 12.0 Å². The summed E-state index contributed by atoms with van der Waals surface area (Å²) in [6.45, 7) is 1.59. The van der Waals surface area contributed by atoms with Crippen molar-refractivity contribution >= 4 is 0 Å². The SMILES string of the molecule is FC(F)(CC1CNC1)C1CCCC1. The predicted octanol–water partition coefficient (Wildman–Crippen LogP) is 2.42. The van der Waals surface area contributed by atoms with Crippen molar-refractivity contribution in [3.63, 3.8) is 0 Å².